The van der Waals surface area contributed by atoms with Gasteiger partial charge in [-0.3, -0.25) is 19.9 Å². The average molecular weight is 252 g/mol. The lowest BCUT2D eigenvalue weighted by Gasteiger charge is -2.00. The molecule has 0 fully saturated rings. The van der Waals surface area contributed by atoms with Crippen molar-refractivity contribution >= 4 is 17.9 Å². The van der Waals surface area contributed by atoms with E-state index < -0.39 is 11.8 Å². The van der Waals surface area contributed by atoms with E-state index in [0.29, 0.717) is 5.56 Å². The van der Waals surface area contributed by atoms with E-state index in [1.807, 2.05) is 30.3 Å². The van der Waals surface area contributed by atoms with Gasteiger partial charge in [0.1, 0.15) is 0 Å². The van der Waals surface area contributed by atoms with Crippen LogP contribution < -0.4 is 5.32 Å². The zero-order chi connectivity index (χ0) is 13.5. The molecule has 19 heavy (non-hydrogen) atoms. The Labute approximate surface area is 110 Å². The number of pyridine rings is 1. The monoisotopic (exact) mass is 252 g/mol. The van der Waals surface area contributed by atoms with Crippen LogP contribution in [0.5, 0.6) is 0 Å². The van der Waals surface area contributed by atoms with Gasteiger partial charge in [-0.2, -0.15) is 0 Å². The molecule has 1 aromatic carbocycles. The van der Waals surface area contributed by atoms with Crippen LogP contribution >= 0.6 is 0 Å². The first kappa shape index (κ1) is 12.7. The number of benzene rings is 1. The number of carbonyl (C=O) groups is 2. The zero-order valence-electron chi connectivity index (χ0n) is 10.1. The molecule has 2 amide bonds. The summed E-state index contributed by atoms with van der Waals surface area (Å²) in [5.41, 5.74) is 1.25. The molecule has 2 aromatic rings. The molecule has 0 radical (unpaired) electrons. The number of amides is 2. The van der Waals surface area contributed by atoms with Crippen LogP contribution in [0.3, 0.4) is 0 Å². The van der Waals surface area contributed by atoms with Crippen LogP contribution in [0.25, 0.3) is 6.08 Å². The van der Waals surface area contributed by atoms with Gasteiger partial charge in [0.15, 0.2) is 0 Å². The highest BCUT2D eigenvalue weighted by Gasteiger charge is 2.07. The van der Waals surface area contributed by atoms with E-state index in [2.05, 4.69) is 10.3 Å². The molecular formula is C15H12N2O2. The van der Waals surface area contributed by atoms with Crippen molar-refractivity contribution in [2.24, 2.45) is 0 Å². The molecule has 2 rings (SSSR count). The summed E-state index contributed by atoms with van der Waals surface area (Å²) in [6.45, 7) is 0. The van der Waals surface area contributed by atoms with Gasteiger partial charge in [-0.15, -0.1) is 0 Å². The zero-order valence-corrected chi connectivity index (χ0v) is 10.1. The lowest BCUT2D eigenvalue weighted by Crippen LogP contribution is -2.28. The van der Waals surface area contributed by atoms with E-state index in [9.17, 15) is 9.59 Å². The van der Waals surface area contributed by atoms with Crippen molar-refractivity contribution < 1.29 is 9.59 Å². The molecule has 0 atom stereocenters. The number of nitrogens with zero attached hydrogens (tertiary/aromatic N) is 1. The fraction of sp³-hybridized carbons (Fsp3) is 0. The summed E-state index contributed by atoms with van der Waals surface area (Å²) in [7, 11) is 0. The lowest BCUT2D eigenvalue weighted by molar-refractivity contribution is -0.115. The summed E-state index contributed by atoms with van der Waals surface area (Å²) in [5.74, 6) is -0.923. The third kappa shape index (κ3) is 3.89. The number of nitrogens with one attached hydrogen (secondary N) is 1. The third-order valence-corrected chi connectivity index (χ3v) is 2.39. The number of imide groups is 1. The van der Waals surface area contributed by atoms with Gasteiger partial charge in [0.2, 0.25) is 0 Å². The Morgan fingerprint density at radius 2 is 1.84 bits per heavy atom. The fourth-order valence-corrected chi connectivity index (χ4v) is 1.46. The fourth-order valence-electron chi connectivity index (χ4n) is 1.46. The maximum atomic E-state index is 11.7. The van der Waals surface area contributed by atoms with Crippen molar-refractivity contribution in [3.05, 3.63) is 72.1 Å². The summed E-state index contributed by atoms with van der Waals surface area (Å²) in [4.78, 5) is 27.0. The Hall–Kier alpha value is -2.75. The molecular weight excluding hydrogens is 240 g/mol. The molecule has 4 heteroatoms. The van der Waals surface area contributed by atoms with Gasteiger partial charge in [-0.1, -0.05) is 30.3 Å². The van der Waals surface area contributed by atoms with E-state index >= 15 is 0 Å². The Kier molecular flexibility index (Phi) is 4.18. The van der Waals surface area contributed by atoms with E-state index in [1.165, 1.54) is 12.3 Å². The molecule has 0 saturated carbocycles. The molecule has 94 valence electrons. The van der Waals surface area contributed by atoms with Crippen molar-refractivity contribution in [3.8, 4) is 0 Å². The maximum Gasteiger partial charge on any atom is 0.259 e. The molecule has 0 aliphatic rings. The van der Waals surface area contributed by atoms with Gasteiger partial charge >= 0.3 is 0 Å². The Morgan fingerprint density at radius 3 is 2.53 bits per heavy atom. The minimum Gasteiger partial charge on any atom is -0.289 e. The summed E-state index contributed by atoms with van der Waals surface area (Å²) in [6.07, 6.45) is 5.94. The summed E-state index contributed by atoms with van der Waals surface area (Å²) in [5, 5.41) is 2.26. The highest BCUT2D eigenvalue weighted by Crippen LogP contribution is 2.01. The first-order chi connectivity index (χ1) is 9.25. The van der Waals surface area contributed by atoms with E-state index in [-0.39, 0.29) is 0 Å². The van der Waals surface area contributed by atoms with Gasteiger partial charge in [0, 0.05) is 18.5 Å². The van der Waals surface area contributed by atoms with Crippen LogP contribution in [0.1, 0.15) is 15.9 Å². The SMILES string of the molecule is O=C(/C=C/c1ccccc1)NC(=O)c1cccnc1. The molecule has 0 aliphatic carbocycles. The molecule has 1 aromatic heterocycles. The van der Waals surface area contributed by atoms with Gasteiger partial charge in [0.05, 0.1) is 5.56 Å². The van der Waals surface area contributed by atoms with Crippen molar-refractivity contribution in [3.63, 3.8) is 0 Å². The second-order valence-electron chi connectivity index (χ2n) is 3.80. The minimum absolute atomic E-state index is 0.351. The van der Waals surface area contributed by atoms with Gasteiger partial charge in [-0.25, -0.2) is 0 Å². The Bertz CT molecular complexity index is 592. The highest BCUT2D eigenvalue weighted by atomic mass is 16.2. The minimum atomic E-state index is -0.462. The smallest absolute Gasteiger partial charge is 0.259 e. The van der Waals surface area contributed by atoms with Crippen LogP contribution in [0, 0.1) is 0 Å². The molecule has 0 spiro atoms. The summed E-state index contributed by atoms with van der Waals surface area (Å²) < 4.78 is 0. The van der Waals surface area contributed by atoms with Crippen molar-refractivity contribution in [1.29, 1.82) is 0 Å². The third-order valence-electron chi connectivity index (χ3n) is 2.39. The second-order valence-corrected chi connectivity index (χ2v) is 3.80. The summed E-state index contributed by atoms with van der Waals surface area (Å²) >= 11 is 0. The lowest BCUT2D eigenvalue weighted by atomic mass is 10.2. The van der Waals surface area contributed by atoms with Crippen LogP contribution in [0.4, 0.5) is 0 Å². The van der Waals surface area contributed by atoms with E-state index in [0.717, 1.165) is 5.56 Å². The predicted octanol–water partition coefficient (Wildman–Crippen LogP) is 2.05. The number of carbonyl (C=O) groups excluding carboxylic acids is 2. The Balaban J connectivity index is 1.95. The molecule has 0 saturated heterocycles. The largest absolute Gasteiger partial charge is 0.289 e. The van der Waals surface area contributed by atoms with Gasteiger partial charge in [0.25, 0.3) is 11.8 Å². The first-order valence-corrected chi connectivity index (χ1v) is 5.74. The first-order valence-electron chi connectivity index (χ1n) is 5.74. The van der Waals surface area contributed by atoms with Crippen molar-refractivity contribution in [2.45, 2.75) is 0 Å². The van der Waals surface area contributed by atoms with Crippen LogP contribution in [-0.4, -0.2) is 16.8 Å². The van der Waals surface area contributed by atoms with Gasteiger partial charge < -0.3 is 0 Å². The number of hydrogen-bond acceptors (Lipinski definition) is 3. The average Bonchev–Trinajstić information content (AvgIpc) is 2.47. The standard InChI is InChI=1S/C15H12N2O2/c18-14(9-8-12-5-2-1-3-6-12)17-15(19)13-7-4-10-16-11-13/h1-11H,(H,17,18,19)/b9-8+. The van der Waals surface area contributed by atoms with Crippen LogP contribution in [0.2, 0.25) is 0 Å². The normalized spacial score (nSPS) is 10.3. The molecule has 0 bridgehead atoms. The second kappa shape index (κ2) is 6.26. The molecule has 4 nitrogen and oxygen atoms in total. The molecule has 1 heterocycles. The van der Waals surface area contributed by atoms with Crippen molar-refractivity contribution in [2.75, 3.05) is 0 Å². The van der Waals surface area contributed by atoms with Crippen LogP contribution in [-0.2, 0) is 4.79 Å². The van der Waals surface area contributed by atoms with Crippen LogP contribution in [0.15, 0.2) is 60.9 Å². The van der Waals surface area contributed by atoms with Gasteiger partial charge in [-0.05, 0) is 23.8 Å². The quantitative estimate of drug-likeness (QED) is 0.850. The maximum absolute atomic E-state index is 11.7. The topological polar surface area (TPSA) is 59.1 Å². The molecule has 1 N–H and O–H groups in total. The molecule has 0 unspecified atom stereocenters. The van der Waals surface area contributed by atoms with E-state index in [1.54, 1.807) is 24.4 Å². The molecule has 0 aliphatic heterocycles. The number of hydrogen-bond donors (Lipinski definition) is 1. The Morgan fingerprint density at radius 1 is 1.05 bits per heavy atom. The van der Waals surface area contributed by atoms with Crippen molar-refractivity contribution in [1.82, 2.24) is 10.3 Å². The number of rotatable bonds is 3. The number of aromatic nitrogens is 1. The predicted molar refractivity (Wildman–Crippen MR) is 72.2 cm³/mol. The summed E-state index contributed by atoms with van der Waals surface area (Å²) in [6, 6.07) is 12.6. The highest BCUT2D eigenvalue weighted by molar-refractivity contribution is 6.08. The van der Waals surface area contributed by atoms with E-state index in [4.69, 9.17) is 0 Å².